The molecule has 1 aromatic heterocycles. The third kappa shape index (κ3) is 4.05. The second-order valence-corrected chi connectivity index (χ2v) is 4.96. The number of aromatic nitrogens is 2. The van der Waals surface area contributed by atoms with Crippen molar-refractivity contribution in [3.05, 3.63) is 52.6 Å². The van der Waals surface area contributed by atoms with Crippen LogP contribution in [0.25, 0.3) is 0 Å². The Kier molecular flexibility index (Phi) is 6.52. The SMILES string of the molecule is Cc1n[nH]c(C)c1C(N)C(=O)NCCc1ccccc1F.Cl. The van der Waals surface area contributed by atoms with Crippen LogP contribution in [0.15, 0.2) is 24.3 Å². The summed E-state index contributed by atoms with van der Waals surface area (Å²) in [6, 6.07) is 5.74. The first-order valence-corrected chi connectivity index (χ1v) is 6.79. The van der Waals surface area contributed by atoms with E-state index in [0.717, 1.165) is 5.69 Å². The molecular formula is C15H20ClFN4O. The number of H-pyrrole nitrogens is 1. The Labute approximate surface area is 134 Å². The molecule has 120 valence electrons. The minimum atomic E-state index is -0.774. The van der Waals surface area contributed by atoms with Gasteiger partial charge in [0.2, 0.25) is 5.91 Å². The largest absolute Gasteiger partial charge is 0.354 e. The van der Waals surface area contributed by atoms with Gasteiger partial charge in [0.1, 0.15) is 11.9 Å². The van der Waals surface area contributed by atoms with E-state index in [2.05, 4.69) is 15.5 Å². The number of hydrogen-bond donors (Lipinski definition) is 3. The number of rotatable bonds is 5. The van der Waals surface area contributed by atoms with Crippen LogP contribution in [0.1, 0.15) is 28.6 Å². The average Bonchev–Trinajstić information content (AvgIpc) is 2.79. The van der Waals surface area contributed by atoms with Crippen LogP contribution in [0, 0.1) is 19.7 Å². The van der Waals surface area contributed by atoms with E-state index in [4.69, 9.17) is 5.73 Å². The molecule has 0 bridgehead atoms. The van der Waals surface area contributed by atoms with Crippen molar-refractivity contribution in [2.24, 2.45) is 5.73 Å². The monoisotopic (exact) mass is 326 g/mol. The van der Waals surface area contributed by atoms with Crippen molar-refractivity contribution in [2.45, 2.75) is 26.3 Å². The molecule has 0 spiro atoms. The number of carbonyl (C=O) groups is 1. The molecule has 0 saturated heterocycles. The normalized spacial score (nSPS) is 11.6. The molecule has 1 amide bonds. The molecule has 1 aromatic carbocycles. The summed E-state index contributed by atoms with van der Waals surface area (Å²) in [4.78, 5) is 12.0. The lowest BCUT2D eigenvalue weighted by atomic mass is 10.0. The predicted octanol–water partition coefficient (Wildman–Crippen LogP) is 1.95. The second kappa shape index (κ2) is 7.91. The van der Waals surface area contributed by atoms with E-state index in [1.807, 2.05) is 6.92 Å². The molecule has 1 unspecified atom stereocenters. The van der Waals surface area contributed by atoms with Crippen LogP contribution < -0.4 is 11.1 Å². The smallest absolute Gasteiger partial charge is 0.241 e. The molecular weight excluding hydrogens is 307 g/mol. The van der Waals surface area contributed by atoms with E-state index in [9.17, 15) is 9.18 Å². The summed E-state index contributed by atoms with van der Waals surface area (Å²) in [6.07, 6.45) is 0.425. The zero-order valence-electron chi connectivity index (χ0n) is 12.5. The van der Waals surface area contributed by atoms with E-state index in [0.29, 0.717) is 29.8 Å². The zero-order chi connectivity index (χ0) is 15.4. The van der Waals surface area contributed by atoms with Crippen LogP contribution in [0.4, 0.5) is 4.39 Å². The number of aryl methyl sites for hydroxylation is 2. The van der Waals surface area contributed by atoms with E-state index in [-0.39, 0.29) is 24.1 Å². The number of nitrogens with zero attached hydrogens (tertiary/aromatic N) is 1. The van der Waals surface area contributed by atoms with Gasteiger partial charge >= 0.3 is 0 Å². The molecule has 7 heteroatoms. The number of amides is 1. The number of hydrogen-bond acceptors (Lipinski definition) is 3. The topological polar surface area (TPSA) is 83.8 Å². The van der Waals surface area contributed by atoms with Gasteiger partial charge in [-0.05, 0) is 31.9 Å². The lowest BCUT2D eigenvalue weighted by Crippen LogP contribution is -2.35. The summed E-state index contributed by atoms with van der Waals surface area (Å²) < 4.78 is 13.5. The fourth-order valence-corrected chi connectivity index (χ4v) is 2.28. The van der Waals surface area contributed by atoms with Crippen LogP contribution in [0.5, 0.6) is 0 Å². The summed E-state index contributed by atoms with van der Waals surface area (Å²) in [7, 11) is 0. The van der Waals surface area contributed by atoms with Gasteiger partial charge in [-0.25, -0.2) is 4.39 Å². The minimum absolute atomic E-state index is 0. The van der Waals surface area contributed by atoms with E-state index < -0.39 is 6.04 Å². The number of halogens is 2. The van der Waals surface area contributed by atoms with Gasteiger partial charge in [0.25, 0.3) is 0 Å². The van der Waals surface area contributed by atoms with Gasteiger partial charge < -0.3 is 11.1 Å². The van der Waals surface area contributed by atoms with Gasteiger partial charge in [0, 0.05) is 17.8 Å². The first-order chi connectivity index (χ1) is 10.0. The van der Waals surface area contributed by atoms with Gasteiger partial charge in [0.05, 0.1) is 5.69 Å². The van der Waals surface area contributed by atoms with Crippen LogP contribution in [0.2, 0.25) is 0 Å². The Morgan fingerprint density at radius 1 is 1.41 bits per heavy atom. The maximum absolute atomic E-state index is 13.5. The summed E-state index contributed by atoms with van der Waals surface area (Å²) in [5, 5.41) is 9.56. The van der Waals surface area contributed by atoms with Crippen LogP contribution >= 0.6 is 12.4 Å². The summed E-state index contributed by atoms with van der Waals surface area (Å²) >= 11 is 0. The van der Waals surface area contributed by atoms with Gasteiger partial charge in [-0.15, -0.1) is 12.4 Å². The second-order valence-electron chi connectivity index (χ2n) is 4.96. The number of nitrogens with two attached hydrogens (primary N) is 1. The summed E-state index contributed by atoms with van der Waals surface area (Å²) in [6.45, 7) is 3.95. The number of carbonyl (C=O) groups excluding carboxylic acids is 1. The molecule has 0 saturated carbocycles. The highest BCUT2D eigenvalue weighted by molar-refractivity contribution is 5.85. The molecule has 22 heavy (non-hydrogen) atoms. The Morgan fingerprint density at radius 2 is 2.09 bits per heavy atom. The Morgan fingerprint density at radius 3 is 2.68 bits per heavy atom. The lowest BCUT2D eigenvalue weighted by Gasteiger charge is -2.13. The summed E-state index contributed by atoms with van der Waals surface area (Å²) in [5.41, 5.74) is 8.72. The quantitative estimate of drug-likeness (QED) is 0.785. The molecule has 0 fully saturated rings. The van der Waals surface area contributed by atoms with E-state index in [1.54, 1.807) is 25.1 Å². The highest BCUT2D eigenvalue weighted by atomic mass is 35.5. The third-order valence-electron chi connectivity index (χ3n) is 3.43. The molecule has 0 aliphatic heterocycles. The van der Waals surface area contributed by atoms with Crippen LogP contribution in [0.3, 0.4) is 0 Å². The molecule has 1 atom stereocenters. The first-order valence-electron chi connectivity index (χ1n) is 6.79. The van der Waals surface area contributed by atoms with Crippen molar-refractivity contribution in [1.29, 1.82) is 0 Å². The van der Waals surface area contributed by atoms with E-state index >= 15 is 0 Å². The van der Waals surface area contributed by atoms with Crippen molar-refractivity contribution in [2.75, 3.05) is 6.54 Å². The molecule has 0 aliphatic carbocycles. The van der Waals surface area contributed by atoms with Crippen molar-refractivity contribution in [3.63, 3.8) is 0 Å². The van der Waals surface area contributed by atoms with Gasteiger partial charge in [-0.2, -0.15) is 5.10 Å². The summed E-state index contributed by atoms with van der Waals surface area (Å²) in [5.74, 6) is -0.559. The maximum Gasteiger partial charge on any atom is 0.241 e. The molecule has 2 aromatic rings. The molecule has 1 heterocycles. The van der Waals surface area contributed by atoms with Crippen molar-refractivity contribution in [3.8, 4) is 0 Å². The number of nitrogens with one attached hydrogen (secondary N) is 2. The molecule has 0 aliphatic rings. The number of benzene rings is 1. The fourth-order valence-electron chi connectivity index (χ4n) is 2.28. The standard InChI is InChI=1S/C15H19FN4O.ClH/c1-9-13(10(2)20-19-9)14(17)15(21)18-8-7-11-5-3-4-6-12(11)16;/h3-6,14H,7-8,17H2,1-2H3,(H,18,21)(H,19,20);1H. The minimum Gasteiger partial charge on any atom is -0.354 e. The molecule has 4 N–H and O–H groups in total. The van der Waals surface area contributed by atoms with Gasteiger partial charge in [-0.1, -0.05) is 18.2 Å². The van der Waals surface area contributed by atoms with Crippen molar-refractivity contribution >= 4 is 18.3 Å². The first kappa shape index (κ1) is 18.1. The highest BCUT2D eigenvalue weighted by Gasteiger charge is 2.21. The maximum atomic E-state index is 13.5. The highest BCUT2D eigenvalue weighted by Crippen LogP contribution is 2.17. The number of aromatic amines is 1. The Balaban J connectivity index is 0.00000242. The van der Waals surface area contributed by atoms with Gasteiger partial charge in [0.15, 0.2) is 0 Å². The van der Waals surface area contributed by atoms with Crippen molar-refractivity contribution < 1.29 is 9.18 Å². The van der Waals surface area contributed by atoms with Gasteiger partial charge in [-0.3, -0.25) is 9.89 Å². The fraction of sp³-hybridized carbons (Fsp3) is 0.333. The van der Waals surface area contributed by atoms with Crippen LogP contribution in [-0.4, -0.2) is 22.6 Å². The Hall–Kier alpha value is -1.92. The zero-order valence-corrected chi connectivity index (χ0v) is 13.3. The molecule has 2 rings (SSSR count). The average molecular weight is 327 g/mol. The molecule has 5 nitrogen and oxygen atoms in total. The van der Waals surface area contributed by atoms with Crippen molar-refractivity contribution in [1.82, 2.24) is 15.5 Å². The third-order valence-corrected chi connectivity index (χ3v) is 3.43. The Bertz CT molecular complexity index is 625. The van der Waals surface area contributed by atoms with E-state index in [1.165, 1.54) is 6.07 Å². The van der Waals surface area contributed by atoms with Crippen LogP contribution in [-0.2, 0) is 11.2 Å². The molecule has 0 radical (unpaired) electrons. The predicted molar refractivity (Wildman–Crippen MR) is 85.4 cm³/mol. The lowest BCUT2D eigenvalue weighted by molar-refractivity contribution is -0.122.